The molecule has 2 aromatic carbocycles. The molecule has 5 aromatic rings. The third-order valence-electron chi connectivity index (χ3n) is 8.44. The van der Waals surface area contributed by atoms with Crippen molar-refractivity contribution in [3.63, 3.8) is 0 Å². The molecule has 10 nitrogen and oxygen atoms in total. The molecule has 254 valence electrons. The maximum absolute atomic E-state index is 16.0. The lowest BCUT2D eigenvalue weighted by molar-refractivity contribution is -0.134. The van der Waals surface area contributed by atoms with Gasteiger partial charge in [-0.1, -0.05) is 30.8 Å². The van der Waals surface area contributed by atoms with E-state index >= 15 is 4.39 Å². The van der Waals surface area contributed by atoms with E-state index in [4.69, 9.17) is 14.5 Å². The van der Waals surface area contributed by atoms with E-state index in [-0.39, 0.29) is 36.3 Å². The molecule has 1 aliphatic heterocycles. The van der Waals surface area contributed by atoms with Crippen molar-refractivity contribution in [2.75, 3.05) is 47.0 Å². The number of carbonyl (C=O) groups excluding carboxylic acids is 2. The van der Waals surface area contributed by atoms with Crippen molar-refractivity contribution in [3.05, 3.63) is 89.5 Å². The number of aromatic amines is 1. The summed E-state index contributed by atoms with van der Waals surface area (Å²) in [5.41, 5.74) is 4.31. The van der Waals surface area contributed by atoms with Crippen molar-refractivity contribution >= 4 is 33.2 Å². The zero-order valence-corrected chi connectivity index (χ0v) is 28.2. The van der Waals surface area contributed by atoms with Gasteiger partial charge in [0.05, 0.1) is 36.1 Å². The number of rotatable bonds is 12. The first-order chi connectivity index (χ1) is 23.7. The molecule has 0 saturated carbocycles. The fourth-order valence-electron chi connectivity index (χ4n) is 5.80. The number of ether oxygens (including phenoxy) is 2. The third-order valence-corrected chi connectivity index (χ3v) is 9.37. The molecule has 6 rings (SSSR count). The number of pyridine rings is 1. The summed E-state index contributed by atoms with van der Waals surface area (Å²) in [6.45, 7) is 8.09. The lowest BCUT2D eigenvalue weighted by atomic mass is 9.96. The van der Waals surface area contributed by atoms with Gasteiger partial charge >= 0.3 is 0 Å². The molecular formula is C36H36F2N6O4S. The van der Waals surface area contributed by atoms with E-state index in [0.717, 1.165) is 35.2 Å². The minimum absolute atomic E-state index is 0.00849. The van der Waals surface area contributed by atoms with Crippen molar-refractivity contribution in [1.82, 2.24) is 30.3 Å². The molecule has 4 heterocycles. The number of piperazine rings is 1. The second-order valence-electron chi connectivity index (χ2n) is 11.8. The summed E-state index contributed by atoms with van der Waals surface area (Å²) in [7, 11) is 3.33. The van der Waals surface area contributed by atoms with Crippen LogP contribution in [0.5, 0.6) is 5.75 Å². The first-order valence-electron chi connectivity index (χ1n) is 15.7. The average Bonchev–Trinajstić information content (AvgIpc) is 3.78. The van der Waals surface area contributed by atoms with Gasteiger partial charge < -0.3 is 19.7 Å². The van der Waals surface area contributed by atoms with Gasteiger partial charge in [0.1, 0.15) is 35.4 Å². The number of hydrogen-bond donors (Lipinski definition) is 2. The fraction of sp³-hybridized carbons (Fsp3) is 0.278. The summed E-state index contributed by atoms with van der Waals surface area (Å²) in [6.07, 6.45) is 1.18. The van der Waals surface area contributed by atoms with Gasteiger partial charge in [0.2, 0.25) is 11.8 Å². The zero-order chi connectivity index (χ0) is 34.7. The number of H-pyrrole nitrogens is 1. The van der Waals surface area contributed by atoms with Gasteiger partial charge in [-0.05, 0) is 36.1 Å². The van der Waals surface area contributed by atoms with Crippen molar-refractivity contribution < 1.29 is 27.8 Å². The number of carbonyl (C=O) groups is 2. The molecule has 1 unspecified atom stereocenters. The molecule has 0 bridgehead atoms. The van der Waals surface area contributed by atoms with Crippen LogP contribution in [-0.2, 0) is 20.9 Å². The van der Waals surface area contributed by atoms with Gasteiger partial charge in [0.15, 0.2) is 0 Å². The summed E-state index contributed by atoms with van der Waals surface area (Å²) < 4.78 is 42.3. The van der Waals surface area contributed by atoms with E-state index in [9.17, 15) is 14.0 Å². The van der Waals surface area contributed by atoms with Gasteiger partial charge in [-0.25, -0.2) is 13.8 Å². The molecule has 1 saturated heterocycles. The highest BCUT2D eigenvalue weighted by Crippen LogP contribution is 2.47. The number of nitrogens with zero attached hydrogens (tertiary/aromatic N) is 4. The second-order valence-corrected chi connectivity index (χ2v) is 12.7. The minimum Gasteiger partial charge on any atom is -0.490 e. The van der Waals surface area contributed by atoms with E-state index in [1.807, 2.05) is 42.8 Å². The molecule has 1 atom stereocenters. The molecule has 0 spiro atoms. The smallest absolute Gasteiger partial charge is 0.243 e. The van der Waals surface area contributed by atoms with Crippen LogP contribution in [0.25, 0.3) is 43.9 Å². The Balaban J connectivity index is 1.48. The topological polar surface area (TPSA) is 113 Å². The number of aromatic nitrogens is 3. The Hall–Kier alpha value is -4.98. The minimum atomic E-state index is -0.813. The quantitative estimate of drug-likeness (QED) is 0.123. The number of amides is 2. The standard InChI is InChI=1S/C36H36F2N6O4S/c1-5-30(45)39-21(2)27-18-28(42-41-27)35-33(32-26(38)16-24(37)17-29(32)48-14-13-47-4)36-25(10-15-49-36)34(40-35)23-8-6-22(7-9-23)19-44-12-11-43(3)31(46)20-44/h5-10,15-18,21H,1,11-14,19-20H2,2-4H3,(H,39,45)(H,41,42). The molecular weight excluding hydrogens is 650 g/mol. The summed E-state index contributed by atoms with van der Waals surface area (Å²) >= 11 is 1.40. The fourth-order valence-corrected chi connectivity index (χ4v) is 6.75. The van der Waals surface area contributed by atoms with Crippen LogP contribution in [0.3, 0.4) is 0 Å². The number of methoxy groups -OCH3 is 1. The van der Waals surface area contributed by atoms with Crippen molar-refractivity contribution in [3.8, 4) is 39.5 Å². The monoisotopic (exact) mass is 686 g/mol. The van der Waals surface area contributed by atoms with Gasteiger partial charge in [0.25, 0.3) is 0 Å². The van der Waals surface area contributed by atoms with Crippen LogP contribution in [0, 0.1) is 11.6 Å². The predicted octanol–water partition coefficient (Wildman–Crippen LogP) is 5.96. The molecule has 0 radical (unpaired) electrons. The Labute approximate surface area is 286 Å². The van der Waals surface area contributed by atoms with Crippen LogP contribution < -0.4 is 10.1 Å². The Kier molecular flexibility index (Phi) is 10.1. The second kappa shape index (κ2) is 14.6. The highest BCUT2D eigenvalue weighted by molar-refractivity contribution is 7.18. The summed E-state index contributed by atoms with van der Waals surface area (Å²) in [4.78, 5) is 33.2. The maximum Gasteiger partial charge on any atom is 0.243 e. The number of halogens is 2. The highest BCUT2D eigenvalue weighted by atomic mass is 32.1. The van der Waals surface area contributed by atoms with Gasteiger partial charge in [-0.3, -0.25) is 19.6 Å². The van der Waals surface area contributed by atoms with E-state index < -0.39 is 17.7 Å². The van der Waals surface area contributed by atoms with Crippen molar-refractivity contribution in [1.29, 1.82) is 0 Å². The molecule has 49 heavy (non-hydrogen) atoms. The van der Waals surface area contributed by atoms with Crippen LogP contribution >= 0.6 is 11.3 Å². The number of benzene rings is 2. The molecule has 1 fully saturated rings. The third kappa shape index (κ3) is 7.24. The Morgan fingerprint density at radius 2 is 1.92 bits per heavy atom. The van der Waals surface area contributed by atoms with Crippen molar-refractivity contribution in [2.24, 2.45) is 0 Å². The Morgan fingerprint density at radius 3 is 2.65 bits per heavy atom. The van der Waals surface area contributed by atoms with Crippen molar-refractivity contribution in [2.45, 2.75) is 19.5 Å². The number of hydrogen-bond acceptors (Lipinski definition) is 8. The van der Waals surface area contributed by atoms with Gasteiger partial charge in [0, 0.05) is 67.1 Å². The Bertz CT molecular complexity index is 2010. The van der Waals surface area contributed by atoms with E-state index in [0.29, 0.717) is 52.7 Å². The maximum atomic E-state index is 16.0. The van der Waals surface area contributed by atoms with Gasteiger partial charge in [-0.15, -0.1) is 11.3 Å². The molecule has 2 N–H and O–H groups in total. The van der Waals surface area contributed by atoms with Crippen LogP contribution in [0.2, 0.25) is 0 Å². The molecule has 1 aliphatic rings. The normalized spacial score (nSPS) is 14.3. The largest absolute Gasteiger partial charge is 0.490 e. The predicted molar refractivity (Wildman–Crippen MR) is 185 cm³/mol. The van der Waals surface area contributed by atoms with E-state index in [1.165, 1.54) is 24.5 Å². The van der Waals surface area contributed by atoms with E-state index in [1.54, 1.807) is 17.9 Å². The molecule has 13 heteroatoms. The highest BCUT2D eigenvalue weighted by Gasteiger charge is 2.27. The number of thiophene rings is 1. The number of likely N-dealkylation sites (N-methyl/N-ethyl adjacent to an activating group) is 1. The van der Waals surface area contributed by atoms with Crippen LogP contribution in [0.1, 0.15) is 24.2 Å². The zero-order valence-electron chi connectivity index (χ0n) is 27.4. The molecule has 3 aromatic heterocycles. The number of fused-ring (bicyclic) bond motifs is 1. The van der Waals surface area contributed by atoms with Gasteiger partial charge in [-0.2, -0.15) is 5.10 Å². The number of nitrogens with one attached hydrogen (secondary N) is 2. The summed E-state index contributed by atoms with van der Waals surface area (Å²) in [5, 5.41) is 13.0. The summed E-state index contributed by atoms with van der Waals surface area (Å²) in [5.74, 6) is -1.83. The average molecular weight is 687 g/mol. The SMILES string of the molecule is C=CC(=O)NC(C)c1cc(-c2nc(-c3ccc(CN4CCN(C)C(=O)C4)cc3)c3ccsc3c2-c2c(F)cc(F)cc2OCCOC)n[nH]1. The lowest BCUT2D eigenvalue weighted by Crippen LogP contribution is -2.47. The first-order valence-corrected chi connectivity index (χ1v) is 16.6. The molecule has 0 aliphatic carbocycles. The summed E-state index contributed by atoms with van der Waals surface area (Å²) in [6, 6.07) is 13.2. The van der Waals surface area contributed by atoms with Crippen LogP contribution in [0.4, 0.5) is 8.78 Å². The first kappa shape index (κ1) is 33.9. The Morgan fingerprint density at radius 1 is 1.12 bits per heavy atom. The van der Waals surface area contributed by atoms with Crippen LogP contribution in [-0.4, -0.2) is 83.8 Å². The van der Waals surface area contributed by atoms with E-state index in [2.05, 4.69) is 27.0 Å². The van der Waals surface area contributed by atoms with Crippen LogP contribution in [0.15, 0.2) is 66.6 Å². The molecule has 2 amide bonds. The lowest BCUT2D eigenvalue weighted by Gasteiger charge is -2.31.